The summed E-state index contributed by atoms with van der Waals surface area (Å²) in [5, 5.41) is 0. The van der Waals surface area contributed by atoms with Gasteiger partial charge in [-0.2, -0.15) is 0 Å². The predicted molar refractivity (Wildman–Crippen MR) is 78.7 cm³/mol. The molecule has 2 aliphatic rings. The average Bonchev–Trinajstić information content (AvgIpc) is 2.71. The van der Waals surface area contributed by atoms with Gasteiger partial charge >= 0.3 is 0 Å². The molecule has 106 valence electrons. The molecule has 18 heavy (non-hydrogen) atoms. The molecule has 2 rings (SSSR count). The van der Waals surface area contributed by atoms with Gasteiger partial charge in [0.1, 0.15) is 0 Å². The average molecular weight is 252 g/mol. The number of rotatable bonds is 4. The minimum Gasteiger partial charge on any atom is -0.329 e. The standard InChI is InChI=1S/C16H32N2/c1-4-6-14-7-10-16(13-17,11-8-14)18-12-5-9-15(18,2)3/h14H,4-13,17H2,1-3H3. The Balaban J connectivity index is 2.04. The van der Waals surface area contributed by atoms with Crippen LogP contribution < -0.4 is 5.73 Å². The summed E-state index contributed by atoms with van der Waals surface area (Å²) in [7, 11) is 0. The molecule has 1 aliphatic heterocycles. The van der Waals surface area contributed by atoms with Gasteiger partial charge in [0, 0.05) is 17.6 Å². The Bertz CT molecular complexity index is 264. The maximum Gasteiger partial charge on any atom is 0.0337 e. The SMILES string of the molecule is CCCC1CCC(CN)(N2CCCC2(C)C)CC1. The zero-order valence-electron chi connectivity index (χ0n) is 12.7. The van der Waals surface area contributed by atoms with Gasteiger partial charge in [-0.05, 0) is 64.8 Å². The first-order valence-corrected chi connectivity index (χ1v) is 8.02. The van der Waals surface area contributed by atoms with Crippen LogP contribution in [0.4, 0.5) is 0 Å². The zero-order valence-corrected chi connectivity index (χ0v) is 12.7. The third-order valence-corrected chi connectivity index (χ3v) is 5.59. The monoisotopic (exact) mass is 252 g/mol. The quantitative estimate of drug-likeness (QED) is 0.829. The largest absolute Gasteiger partial charge is 0.329 e. The lowest BCUT2D eigenvalue weighted by Gasteiger charge is -2.51. The van der Waals surface area contributed by atoms with Crippen LogP contribution in [0.25, 0.3) is 0 Å². The molecule has 1 saturated carbocycles. The van der Waals surface area contributed by atoms with Crippen LogP contribution in [0.15, 0.2) is 0 Å². The summed E-state index contributed by atoms with van der Waals surface area (Å²) >= 11 is 0. The predicted octanol–water partition coefficient (Wildman–Crippen LogP) is 3.55. The van der Waals surface area contributed by atoms with Gasteiger partial charge in [-0.3, -0.25) is 4.90 Å². The van der Waals surface area contributed by atoms with Crippen LogP contribution in [0.3, 0.4) is 0 Å². The first-order chi connectivity index (χ1) is 8.54. The molecule has 0 unspecified atom stereocenters. The van der Waals surface area contributed by atoms with Gasteiger partial charge in [0.2, 0.25) is 0 Å². The van der Waals surface area contributed by atoms with Crippen molar-refractivity contribution in [1.29, 1.82) is 0 Å². The fraction of sp³-hybridized carbons (Fsp3) is 1.00. The van der Waals surface area contributed by atoms with Crippen molar-refractivity contribution in [2.75, 3.05) is 13.1 Å². The van der Waals surface area contributed by atoms with E-state index in [-0.39, 0.29) is 0 Å². The molecule has 1 heterocycles. The first-order valence-electron chi connectivity index (χ1n) is 8.02. The molecule has 0 aromatic carbocycles. The number of nitrogens with two attached hydrogens (primary N) is 1. The van der Waals surface area contributed by atoms with Crippen molar-refractivity contribution < 1.29 is 0 Å². The van der Waals surface area contributed by atoms with Crippen molar-refractivity contribution in [2.24, 2.45) is 11.7 Å². The molecule has 2 heteroatoms. The molecular formula is C16H32N2. The highest BCUT2D eigenvalue weighted by Crippen LogP contribution is 2.44. The van der Waals surface area contributed by atoms with Gasteiger partial charge < -0.3 is 5.73 Å². The van der Waals surface area contributed by atoms with Crippen LogP contribution >= 0.6 is 0 Å². The topological polar surface area (TPSA) is 29.3 Å². The van der Waals surface area contributed by atoms with Gasteiger partial charge in [0.05, 0.1) is 0 Å². The summed E-state index contributed by atoms with van der Waals surface area (Å²) in [6.45, 7) is 9.26. The highest BCUT2D eigenvalue weighted by molar-refractivity contribution is 5.03. The summed E-state index contributed by atoms with van der Waals surface area (Å²) in [5.74, 6) is 0.973. The van der Waals surface area contributed by atoms with Crippen molar-refractivity contribution >= 4 is 0 Å². The molecule has 0 aromatic heterocycles. The van der Waals surface area contributed by atoms with E-state index < -0.39 is 0 Å². The van der Waals surface area contributed by atoms with E-state index in [1.54, 1.807) is 0 Å². The van der Waals surface area contributed by atoms with Gasteiger partial charge in [0.15, 0.2) is 0 Å². The Morgan fingerprint density at radius 2 is 1.83 bits per heavy atom. The van der Waals surface area contributed by atoms with Crippen molar-refractivity contribution in [3.63, 3.8) is 0 Å². The molecule has 0 aromatic rings. The minimum absolute atomic E-state index is 0.324. The highest BCUT2D eigenvalue weighted by Gasteiger charge is 2.46. The lowest BCUT2D eigenvalue weighted by molar-refractivity contribution is -0.00316. The minimum atomic E-state index is 0.324. The second-order valence-electron chi connectivity index (χ2n) is 7.23. The van der Waals surface area contributed by atoms with E-state index in [9.17, 15) is 0 Å². The van der Waals surface area contributed by atoms with Crippen molar-refractivity contribution in [3.05, 3.63) is 0 Å². The second-order valence-corrected chi connectivity index (χ2v) is 7.23. The number of hydrogen-bond acceptors (Lipinski definition) is 2. The Morgan fingerprint density at radius 1 is 1.17 bits per heavy atom. The van der Waals surface area contributed by atoms with E-state index in [0.29, 0.717) is 11.1 Å². The van der Waals surface area contributed by atoms with Crippen LogP contribution in [0.2, 0.25) is 0 Å². The van der Waals surface area contributed by atoms with E-state index >= 15 is 0 Å². The van der Waals surface area contributed by atoms with Crippen LogP contribution in [0.1, 0.15) is 72.1 Å². The van der Waals surface area contributed by atoms with Crippen LogP contribution in [0, 0.1) is 5.92 Å². The Hall–Kier alpha value is -0.0800. The maximum absolute atomic E-state index is 6.22. The normalized spacial score (nSPS) is 37.0. The van der Waals surface area contributed by atoms with E-state index in [2.05, 4.69) is 25.7 Å². The molecule has 0 amide bonds. The summed E-state index contributed by atoms with van der Waals surface area (Å²) in [4.78, 5) is 2.77. The fourth-order valence-electron chi connectivity index (χ4n) is 4.48. The third-order valence-electron chi connectivity index (χ3n) is 5.59. The Labute approximate surface area is 113 Å². The third kappa shape index (κ3) is 2.60. The maximum atomic E-state index is 6.22. The molecule has 0 atom stereocenters. The van der Waals surface area contributed by atoms with Crippen molar-refractivity contribution in [3.8, 4) is 0 Å². The van der Waals surface area contributed by atoms with Gasteiger partial charge in [-0.1, -0.05) is 19.8 Å². The second kappa shape index (κ2) is 5.50. The summed E-state index contributed by atoms with van der Waals surface area (Å²) in [6, 6.07) is 0. The van der Waals surface area contributed by atoms with Crippen molar-refractivity contribution in [2.45, 2.75) is 83.2 Å². The molecule has 0 bridgehead atoms. The van der Waals surface area contributed by atoms with Crippen LogP contribution in [-0.4, -0.2) is 29.1 Å². The Kier molecular flexibility index (Phi) is 4.38. The number of hydrogen-bond donors (Lipinski definition) is 1. The zero-order chi connectivity index (χ0) is 13.2. The first kappa shape index (κ1) is 14.3. The summed E-state index contributed by atoms with van der Waals surface area (Å²) in [6.07, 6.45) is 10.9. The molecule has 1 saturated heterocycles. The molecule has 2 N–H and O–H groups in total. The van der Waals surface area contributed by atoms with Gasteiger partial charge in [0.25, 0.3) is 0 Å². The lowest BCUT2D eigenvalue weighted by Crippen LogP contribution is -2.60. The molecule has 0 radical (unpaired) electrons. The van der Waals surface area contributed by atoms with Crippen LogP contribution in [0.5, 0.6) is 0 Å². The fourth-order valence-corrected chi connectivity index (χ4v) is 4.48. The summed E-state index contributed by atoms with van der Waals surface area (Å²) in [5.41, 5.74) is 6.91. The van der Waals surface area contributed by atoms with E-state index in [1.165, 1.54) is 57.9 Å². The van der Waals surface area contributed by atoms with E-state index in [0.717, 1.165) is 12.5 Å². The highest BCUT2D eigenvalue weighted by atomic mass is 15.3. The number of nitrogens with zero attached hydrogens (tertiary/aromatic N) is 1. The van der Waals surface area contributed by atoms with Crippen LogP contribution in [-0.2, 0) is 0 Å². The van der Waals surface area contributed by atoms with Crippen molar-refractivity contribution in [1.82, 2.24) is 4.90 Å². The van der Waals surface area contributed by atoms with Gasteiger partial charge in [-0.25, -0.2) is 0 Å². The van der Waals surface area contributed by atoms with Gasteiger partial charge in [-0.15, -0.1) is 0 Å². The molecule has 2 fully saturated rings. The van der Waals surface area contributed by atoms with E-state index in [4.69, 9.17) is 5.73 Å². The molecular weight excluding hydrogens is 220 g/mol. The molecule has 1 aliphatic carbocycles. The number of likely N-dealkylation sites (tertiary alicyclic amines) is 1. The lowest BCUT2D eigenvalue weighted by atomic mass is 9.73. The smallest absolute Gasteiger partial charge is 0.0337 e. The molecule has 2 nitrogen and oxygen atoms in total. The molecule has 0 spiro atoms. The summed E-state index contributed by atoms with van der Waals surface area (Å²) < 4.78 is 0. The van der Waals surface area contributed by atoms with E-state index in [1.807, 2.05) is 0 Å². The Morgan fingerprint density at radius 3 is 2.28 bits per heavy atom.